The lowest BCUT2D eigenvalue weighted by atomic mass is 9.51. The monoisotopic (exact) mass is 454 g/mol. The summed E-state index contributed by atoms with van der Waals surface area (Å²) in [5.41, 5.74) is 3.48. The maximum Gasteiger partial charge on any atom is 0.298 e. The Morgan fingerprint density at radius 2 is 1.97 bits per heavy atom. The van der Waals surface area contributed by atoms with Gasteiger partial charge in [-0.2, -0.15) is 0 Å². The van der Waals surface area contributed by atoms with E-state index >= 15 is 0 Å². The van der Waals surface area contributed by atoms with E-state index < -0.39 is 0 Å². The average molecular weight is 455 g/mol. The van der Waals surface area contributed by atoms with Crippen molar-refractivity contribution in [2.75, 3.05) is 20.1 Å². The molecule has 4 aliphatic rings. The van der Waals surface area contributed by atoms with Gasteiger partial charge < -0.3 is 9.64 Å². The minimum Gasteiger partial charge on any atom is -0.487 e. The SMILES string of the molecule is CC(=O)CN1CC[C@]23c4c5cccc4O[C@H]2[C@H](N(C)C(=O)C#Cc2ccccc2)CC[C@H]3[C@H]1C5. The lowest BCUT2D eigenvalue weighted by molar-refractivity contribution is -0.136. The third-order valence-corrected chi connectivity index (χ3v) is 8.63. The summed E-state index contributed by atoms with van der Waals surface area (Å²) >= 11 is 0. The molecule has 0 unspecified atom stereocenters. The number of likely N-dealkylation sites (tertiary alicyclic amines) is 1. The molecule has 2 bridgehead atoms. The van der Waals surface area contributed by atoms with E-state index in [4.69, 9.17) is 4.74 Å². The first-order valence-electron chi connectivity index (χ1n) is 12.4. The van der Waals surface area contributed by atoms with Crippen LogP contribution in [0.25, 0.3) is 0 Å². The van der Waals surface area contributed by atoms with Crippen molar-refractivity contribution in [1.29, 1.82) is 0 Å². The van der Waals surface area contributed by atoms with Crippen LogP contribution in [0.4, 0.5) is 0 Å². The molecular weight excluding hydrogens is 424 g/mol. The topological polar surface area (TPSA) is 49.9 Å². The highest BCUT2D eigenvalue weighted by atomic mass is 16.5. The van der Waals surface area contributed by atoms with Crippen LogP contribution in [-0.2, 0) is 21.4 Å². The second-order valence-corrected chi connectivity index (χ2v) is 10.3. The quantitative estimate of drug-likeness (QED) is 0.669. The van der Waals surface area contributed by atoms with E-state index in [1.165, 1.54) is 11.1 Å². The van der Waals surface area contributed by atoms with Crippen molar-refractivity contribution in [3.63, 3.8) is 0 Å². The lowest BCUT2D eigenvalue weighted by Gasteiger charge is -2.60. The molecule has 2 aliphatic heterocycles. The smallest absolute Gasteiger partial charge is 0.298 e. The van der Waals surface area contributed by atoms with E-state index in [0.29, 0.717) is 18.5 Å². The number of piperidine rings is 1. The molecule has 174 valence electrons. The molecule has 2 heterocycles. The van der Waals surface area contributed by atoms with Crippen molar-refractivity contribution in [2.24, 2.45) is 5.92 Å². The molecular formula is C29H30N2O3. The fraction of sp³-hybridized carbons (Fsp3) is 0.448. The second-order valence-electron chi connectivity index (χ2n) is 10.3. The molecule has 1 amide bonds. The van der Waals surface area contributed by atoms with Crippen LogP contribution in [0.15, 0.2) is 48.5 Å². The molecule has 5 atom stereocenters. The zero-order valence-electron chi connectivity index (χ0n) is 19.8. The zero-order chi connectivity index (χ0) is 23.4. The van der Waals surface area contributed by atoms with Gasteiger partial charge in [-0.1, -0.05) is 36.3 Å². The third kappa shape index (κ3) is 3.12. The summed E-state index contributed by atoms with van der Waals surface area (Å²) in [6.45, 7) is 3.11. The van der Waals surface area contributed by atoms with Gasteiger partial charge in [0.05, 0.1) is 12.6 Å². The van der Waals surface area contributed by atoms with Crippen LogP contribution < -0.4 is 4.74 Å². The molecule has 5 heteroatoms. The largest absolute Gasteiger partial charge is 0.487 e. The molecule has 0 N–H and O–H groups in total. The predicted octanol–water partition coefficient (Wildman–Crippen LogP) is 3.19. The van der Waals surface area contributed by atoms with Crippen molar-refractivity contribution in [1.82, 2.24) is 9.80 Å². The molecule has 0 aromatic heterocycles. The molecule has 2 aromatic carbocycles. The lowest BCUT2D eigenvalue weighted by Crippen LogP contribution is -2.69. The van der Waals surface area contributed by atoms with Gasteiger partial charge in [-0.15, -0.1) is 0 Å². The Labute approximate surface area is 201 Å². The van der Waals surface area contributed by atoms with Crippen LogP contribution in [0.1, 0.15) is 42.9 Å². The highest BCUT2D eigenvalue weighted by molar-refractivity contribution is 5.94. The van der Waals surface area contributed by atoms with Crippen LogP contribution in [0.3, 0.4) is 0 Å². The molecule has 5 nitrogen and oxygen atoms in total. The van der Waals surface area contributed by atoms with E-state index in [-0.39, 0.29) is 29.3 Å². The fourth-order valence-electron chi connectivity index (χ4n) is 7.33. The van der Waals surface area contributed by atoms with Gasteiger partial charge in [0.1, 0.15) is 17.6 Å². The Kier molecular flexibility index (Phi) is 5.04. The summed E-state index contributed by atoms with van der Waals surface area (Å²) in [4.78, 5) is 29.4. The highest BCUT2D eigenvalue weighted by Crippen LogP contribution is 2.62. The van der Waals surface area contributed by atoms with Gasteiger partial charge in [-0.05, 0) is 68.8 Å². The van der Waals surface area contributed by atoms with E-state index in [0.717, 1.165) is 43.5 Å². The summed E-state index contributed by atoms with van der Waals surface area (Å²) in [6.07, 6.45) is 3.78. The predicted molar refractivity (Wildman–Crippen MR) is 130 cm³/mol. The normalized spacial score (nSPS) is 30.4. The summed E-state index contributed by atoms with van der Waals surface area (Å²) in [6, 6.07) is 16.4. The van der Waals surface area contributed by atoms with Crippen molar-refractivity contribution in [2.45, 2.75) is 56.2 Å². The number of rotatable bonds is 3. The number of hydrogen-bond donors (Lipinski definition) is 0. The molecule has 2 fully saturated rings. The zero-order valence-corrected chi connectivity index (χ0v) is 19.8. The number of Topliss-reactive ketones (excluding diaryl/α,β-unsaturated/α-hetero) is 1. The van der Waals surface area contributed by atoms with Crippen molar-refractivity contribution in [3.05, 3.63) is 65.2 Å². The van der Waals surface area contributed by atoms with Crippen molar-refractivity contribution < 1.29 is 14.3 Å². The molecule has 34 heavy (non-hydrogen) atoms. The molecule has 1 spiro atoms. The maximum absolute atomic E-state index is 13.1. The van der Waals surface area contributed by atoms with E-state index in [2.05, 4.69) is 34.9 Å². The number of amides is 1. The molecule has 1 saturated heterocycles. The van der Waals surface area contributed by atoms with Crippen LogP contribution in [0.5, 0.6) is 5.75 Å². The number of ketones is 1. The molecule has 0 radical (unpaired) electrons. The second kappa shape index (κ2) is 7.99. The molecule has 2 aliphatic carbocycles. The van der Waals surface area contributed by atoms with Crippen molar-refractivity contribution in [3.8, 4) is 17.6 Å². The molecule has 6 rings (SSSR count). The Hall–Kier alpha value is -3.10. The van der Waals surface area contributed by atoms with Gasteiger partial charge in [-0.3, -0.25) is 14.5 Å². The number of carbonyl (C=O) groups is 2. The Morgan fingerprint density at radius 1 is 1.15 bits per heavy atom. The van der Waals surface area contributed by atoms with E-state index in [9.17, 15) is 9.59 Å². The fourth-order valence-corrected chi connectivity index (χ4v) is 7.33. The van der Waals surface area contributed by atoms with Gasteiger partial charge in [0.15, 0.2) is 0 Å². The standard InChI is InChI=1S/C29H30N2O3/c1-19(32)18-31-16-15-29-22-12-13-23(30(2)26(33)14-11-20-7-4-3-5-8-20)28(29)34-25-10-6-9-21(27(25)29)17-24(22)31/h3-10,22-24,28H,12-13,15-18H2,1-2H3/t22-,23+,24+,28-,29-/m0/s1. The van der Waals surface area contributed by atoms with Gasteiger partial charge >= 0.3 is 0 Å². The third-order valence-electron chi connectivity index (χ3n) is 8.63. The summed E-state index contributed by atoms with van der Waals surface area (Å²) in [7, 11) is 1.88. The van der Waals surface area contributed by atoms with Crippen LogP contribution in [-0.4, -0.2) is 59.8 Å². The van der Waals surface area contributed by atoms with Gasteiger partial charge in [0, 0.05) is 35.6 Å². The molecule has 1 saturated carbocycles. The summed E-state index contributed by atoms with van der Waals surface area (Å²) < 4.78 is 6.71. The number of nitrogens with zero attached hydrogens (tertiary/aromatic N) is 2. The van der Waals surface area contributed by atoms with Gasteiger partial charge in [-0.25, -0.2) is 0 Å². The van der Waals surface area contributed by atoms with Gasteiger partial charge in [0.25, 0.3) is 5.91 Å². The first kappa shape index (κ1) is 21.4. The maximum atomic E-state index is 13.1. The summed E-state index contributed by atoms with van der Waals surface area (Å²) in [5.74, 6) is 7.37. The number of benzene rings is 2. The van der Waals surface area contributed by atoms with E-state index in [1.807, 2.05) is 42.3 Å². The number of likely N-dealkylation sites (N-methyl/N-ethyl adjacent to an activating group) is 1. The number of ether oxygens (including phenoxy) is 1. The average Bonchev–Trinajstić information content (AvgIpc) is 3.18. The summed E-state index contributed by atoms with van der Waals surface area (Å²) in [5, 5.41) is 0. The Bertz CT molecular complexity index is 1210. The Morgan fingerprint density at radius 3 is 2.76 bits per heavy atom. The minimum atomic E-state index is -0.162. The highest BCUT2D eigenvalue weighted by Gasteiger charge is 2.65. The minimum absolute atomic E-state index is 0.0211. The van der Waals surface area contributed by atoms with Gasteiger partial charge in [0.2, 0.25) is 0 Å². The number of carbonyl (C=O) groups excluding carboxylic acids is 2. The molecule has 2 aromatic rings. The first-order chi connectivity index (χ1) is 16.5. The Balaban J connectivity index is 1.34. The van der Waals surface area contributed by atoms with Crippen LogP contribution >= 0.6 is 0 Å². The van der Waals surface area contributed by atoms with Crippen LogP contribution in [0, 0.1) is 17.8 Å². The van der Waals surface area contributed by atoms with Crippen molar-refractivity contribution >= 4 is 11.7 Å². The first-order valence-corrected chi connectivity index (χ1v) is 12.4. The van der Waals surface area contributed by atoms with E-state index in [1.54, 1.807) is 6.92 Å². The van der Waals surface area contributed by atoms with Crippen LogP contribution in [0.2, 0.25) is 0 Å². The number of hydrogen-bond acceptors (Lipinski definition) is 4.